The van der Waals surface area contributed by atoms with Gasteiger partial charge in [-0.05, 0) is 133 Å². The third kappa shape index (κ3) is 6.83. The maximum Gasteiger partial charge on any atom is 0.0630 e. The highest BCUT2D eigenvalue weighted by Gasteiger charge is 2.41. The molecule has 12 rings (SSSR count). The summed E-state index contributed by atoms with van der Waals surface area (Å²) >= 11 is 0. The van der Waals surface area contributed by atoms with Crippen molar-refractivity contribution >= 4 is 34.0 Å². The Labute approximate surface area is 399 Å². The molecule has 0 saturated carbocycles. The van der Waals surface area contributed by atoms with Gasteiger partial charge in [-0.25, -0.2) is 0 Å². The van der Waals surface area contributed by atoms with E-state index in [1.165, 1.54) is 99.8 Å². The molecule has 0 unspecified atom stereocenters. The number of fused-ring (bicyclic) bond motifs is 6. The molecule has 9 aromatic carbocycles. The summed E-state index contributed by atoms with van der Waals surface area (Å²) in [6.45, 7) is 4.71. The zero-order chi connectivity index (χ0) is 45.6. The molecular weight excluding hydrogens is 821 g/mol. The zero-order valence-electron chi connectivity index (χ0n) is 38.4. The summed E-state index contributed by atoms with van der Waals surface area (Å²) in [6, 6.07) is 81.9. The topological polar surface area (TPSA) is 17.8 Å². The number of nitrogens with zero attached hydrogens (tertiary/aromatic N) is 2. The summed E-state index contributed by atoms with van der Waals surface area (Å²) in [4.78, 5) is 5.14. The molecule has 0 N–H and O–H groups in total. The molecule has 0 aliphatic heterocycles. The highest BCUT2D eigenvalue weighted by Crippen LogP contribution is 2.54. The lowest BCUT2D eigenvalue weighted by Crippen LogP contribution is -2.23. The summed E-state index contributed by atoms with van der Waals surface area (Å²) in [5.74, 6) is 0. The normalized spacial score (nSPS) is 12.7. The van der Waals surface area contributed by atoms with Gasteiger partial charge in [0.05, 0.1) is 16.7 Å². The van der Waals surface area contributed by atoms with Gasteiger partial charge >= 0.3 is 0 Å². The first-order chi connectivity index (χ1) is 33.6. The molecule has 1 aliphatic rings. The maximum atomic E-state index is 5.14. The number of aromatic nitrogens is 2. The fourth-order valence-corrected chi connectivity index (χ4v) is 11.3. The van der Waals surface area contributed by atoms with Gasteiger partial charge in [-0.1, -0.05) is 208 Å². The third-order valence-corrected chi connectivity index (χ3v) is 14.6. The van der Waals surface area contributed by atoms with Crippen molar-refractivity contribution in [3.05, 3.63) is 253 Å². The van der Waals surface area contributed by atoms with Crippen LogP contribution in [-0.2, 0) is 5.41 Å². The molecule has 0 radical (unpaired) electrons. The van der Waals surface area contributed by atoms with Crippen molar-refractivity contribution in [1.29, 1.82) is 0 Å². The predicted octanol–water partition coefficient (Wildman–Crippen LogP) is 17.8. The van der Waals surface area contributed by atoms with E-state index in [1.807, 2.05) is 0 Å². The summed E-state index contributed by atoms with van der Waals surface area (Å²) in [6.07, 6.45) is 8.49. The monoisotopic (exact) mass is 870 g/mol. The predicted molar refractivity (Wildman–Crippen MR) is 288 cm³/mol. The molecule has 2 aromatic heterocycles. The minimum absolute atomic E-state index is 0.0904. The van der Waals surface area contributed by atoms with Crippen LogP contribution in [0.25, 0.3) is 106 Å². The minimum Gasteiger partial charge on any atom is -0.309 e. The average molecular weight is 871 g/mol. The summed E-state index contributed by atoms with van der Waals surface area (Å²) in [5.41, 5.74) is 22.9. The van der Waals surface area contributed by atoms with E-state index in [-0.39, 0.29) is 5.41 Å². The molecule has 0 saturated heterocycles. The first kappa shape index (κ1) is 41.1. The van der Waals surface area contributed by atoms with E-state index in [9.17, 15) is 0 Å². The largest absolute Gasteiger partial charge is 0.309 e. The molecule has 68 heavy (non-hydrogen) atoms. The van der Waals surface area contributed by atoms with Crippen molar-refractivity contribution < 1.29 is 0 Å². The summed E-state index contributed by atoms with van der Waals surface area (Å²) < 4.78 is 2.45. The van der Waals surface area contributed by atoms with Gasteiger partial charge in [0.15, 0.2) is 0 Å². The van der Waals surface area contributed by atoms with Crippen molar-refractivity contribution in [1.82, 2.24) is 9.55 Å². The quantitative estimate of drug-likeness (QED) is 0.134. The smallest absolute Gasteiger partial charge is 0.0630 e. The Balaban J connectivity index is 0.935. The summed E-state index contributed by atoms with van der Waals surface area (Å²) in [5, 5.41) is 2.57. The molecule has 2 heteroatoms. The van der Waals surface area contributed by atoms with Gasteiger partial charge in [0.1, 0.15) is 0 Å². The number of hydrogen-bond acceptors (Lipinski definition) is 1. The van der Waals surface area contributed by atoms with E-state index < -0.39 is 0 Å². The Morgan fingerprint density at radius 2 is 0.882 bits per heavy atom. The van der Waals surface area contributed by atoms with Gasteiger partial charge in [0, 0.05) is 33.6 Å². The molecule has 11 aromatic rings. The van der Waals surface area contributed by atoms with E-state index in [0.29, 0.717) is 0 Å². The first-order valence-electron chi connectivity index (χ1n) is 24.0. The van der Waals surface area contributed by atoms with Gasteiger partial charge in [-0.2, -0.15) is 0 Å². The molecule has 0 bridgehead atoms. The molecule has 0 fully saturated rings. The lowest BCUT2D eigenvalue weighted by molar-refractivity contribution is 0.490. The standard InChI is InChI=1S/C66H50N2/c1-3-66(4-2)59-41-45(34-39-53(59)54-40-38-52(42-60(54)66)68-61-31-19-17-29-55(61)56-30-18-20-32-62(56)68)33-36-51-37-35-50(44-67-51)58-43-57(46-21-9-5-10-22-46)63(47-23-11-6-12-24-47)65(49-27-15-8-16-28-49)64(58)48-25-13-7-14-26-48/h5-44H,3-4H2,1-2H3/b36-33+. The molecule has 2 nitrogen and oxygen atoms in total. The minimum atomic E-state index is -0.0904. The van der Waals surface area contributed by atoms with Gasteiger partial charge in [-0.15, -0.1) is 0 Å². The molecule has 0 atom stereocenters. The average Bonchev–Trinajstić information content (AvgIpc) is 3.90. The van der Waals surface area contributed by atoms with Crippen LogP contribution in [0.2, 0.25) is 0 Å². The van der Waals surface area contributed by atoms with Gasteiger partial charge in [0.25, 0.3) is 0 Å². The van der Waals surface area contributed by atoms with Crippen molar-refractivity contribution in [2.75, 3.05) is 0 Å². The van der Waals surface area contributed by atoms with Crippen molar-refractivity contribution in [2.45, 2.75) is 32.1 Å². The van der Waals surface area contributed by atoms with Gasteiger partial charge < -0.3 is 4.57 Å². The molecule has 324 valence electrons. The van der Waals surface area contributed by atoms with Crippen molar-refractivity contribution in [3.8, 4) is 72.4 Å². The molecule has 2 heterocycles. The Hall–Kier alpha value is -8.33. The second kappa shape index (κ2) is 17.1. The van der Waals surface area contributed by atoms with Crippen molar-refractivity contribution in [3.63, 3.8) is 0 Å². The summed E-state index contributed by atoms with van der Waals surface area (Å²) in [7, 11) is 0. The van der Waals surface area contributed by atoms with Crippen LogP contribution >= 0.6 is 0 Å². The Kier molecular flexibility index (Phi) is 10.4. The lowest BCUT2D eigenvalue weighted by atomic mass is 9.73. The SMILES string of the molecule is CCC1(CC)c2cc(/C=C/c3ccc(-c4cc(-c5ccccc5)c(-c5ccccc5)c(-c5ccccc5)c4-c4ccccc4)cn3)ccc2-c2ccc(-n3c4ccccc4c4ccccc43)cc21. The van der Waals surface area contributed by atoms with Crippen LogP contribution in [0.4, 0.5) is 0 Å². The lowest BCUT2D eigenvalue weighted by Gasteiger charge is -2.30. The van der Waals surface area contributed by atoms with Crippen LogP contribution in [0.3, 0.4) is 0 Å². The Morgan fingerprint density at radius 3 is 1.43 bits per heavy atom. The van der Waals surface area contributed by atoms with Crippen LogP contribution in [0.1, 0.15) is 49.1 Å². The Morgan fingerprint density at radius 1 is 0.397 bits per heavy atom. The number of hydrogen-bond donors (Lipinski definition) is 0. The second-order valence-corrected chi connectivity index (χ2v) is 18.1. The van der Waals surface area contributed by atoms with Crippen LogP contribution < -0.4 is 0 Å². The molecule has 1 aliphatic carbocycles. The maximum absolute atomic E-state index is 5.14. The highest BCUT2D eigenvalue weighted by molar-refractivity contribution is 6.10. The fraction of sp³-hybridized carbons (Fsp3) is 0.0758. The van der Waals surface area contributed by atoms with E-state index in [4.69, 9.17) is 4.98 Å². The molecule has 0 amide bonds. The van der Waals surface area contributed by atoms with Gasteiger partial charge in [0.2, 0.25) is 0 Å². The van der Waals surface area contributed by atoms with Crippen LogP contribution in [0, 0.1) is 0 Å². The third-order valence-electron chi connectivity index (χ3n) is 14.6. The second-order valence-electron chi connectivity index (χ2n) is 18.1. The highest BCUT2D eigenvalue weighted by atomic mass is 15.0. The number of rotatable bonds is 10. The van der Waals surface area contributed by atoms with E-state index in [1.54, 1.807) is 0 Å². The zero-order valence-corrected chi connectivity index (χ0v) is 38.4. The number of pyridine rings is 1. The fourth-order valence-electron chi connectivity index (χ4n) is 11.3. The van der Waals surface area contributed by atoms with Crippen LogP contribution in [0.5, 0.6) is 0 Å². The van der Waals surface area contributed by atoms with E-state index >= 15 is 0 Å². The number of benzene rings is 9. The van der Waals surface area contributed by atoms with Crippen LogP contribution in [-0.4, -0.2) is 9.55 Å². The molecule has 0 spiro atoms. The first-order valence-corrected chi connectivity index (χ1v) is 24.0. The van der Waals surface area contributed by atoms with E-state index in [2.05, 4.69) is 261 Å². The number of para-hydroxylation sites is 2. The van der Waals surface area contributed by atoms with E-state index in [0.717, 1.165) is 29.7 Å². The van der Waals surface area contributed by atoms with Crippen LogP contribution in [0.15, 0.2) is 231 Å². The van der Waals surface area contributed by atoms with Crippen molar-refractivity contribution in [2.24, 2.45) is 0 Å². The van der Waals surface area contributed by atoms with Gasteiger partial charge in [-0.3, -0.25) is 4.98 Å². The molecular formula is C66H50N2. The Bertz CT molecular complexity index is 3600.